The molecule has 0 aromatic rings. The molecule has 10 heavy (non-hydrogen) atoms. The Balaban J connectivity index is 0. The van der Waals surface area contributed by atoms with Crippen LogP contribution in [-0.4, -0.2) is 30.9 Å². The molecule has 0 spiro atoms. The molecule has 0 aromatic carbocycles. The minimum Gasteiger partial charge on any atom is -0.436 e. The summed E-state index contributed by atoms with van der Waals surface area (Å²) < 4.78 is 1.17. The molecule has 1 aliphatic rings. The molecule has 1 rings (SSSR count). The standard InChI is InChI=1S/C4H10N2.CH2S2.K/c1-2-6-4-3-5-1;2-1-3;/h5-6H,1-4H2;1H,(H,2,3);/q;;+1/p-1. The van der Waals surface area contributed by atoms with Crippen LogP contribution in [-0.2, 0) is 12.6 Å². The fourth-order valence-corrected chi connectivity index (χ4v) is 0.604. The first-order valence-electron chi connectivity index (χ1n) is 2.89. The molecule has 0 unspecified atom stereocenters. The van der Waals surface area contributed by atoms with Crippen LogP contribution in [0.3, 0.4) is 0 Å². The van der Waals surface area contributed by atoms with Crippen LogP contribution in [0.4, 0.5) is 0 Å². The van der Waals surface area contributed by atoms with Crippen molar-refractivity contribution in [3.05, 3.63) is 0 Å². The second-order valence-electron chi connectivity index (χ2n) is 1.60. The van der Waals surface area contributed by atoms with Crippen molar-refractivity contribution in [2.45, 2.75) is 0 Å². The number of hydrogen-bond acceptors (Lipinski definition) is 4. The number of piperazine rings is 1. The summed E-state index contributed by atoms with van der Waals surface area (Å²) in [5.41, 5.74) is 0. The van der Waals surface area contributed by atoms with Gasteiger partial charge in [0.15, 0.2) is 0 Å². The van der Waals surface area contributed by atoms with Crippen molar-refractivity contribution in [3.8, 4) is 0 Å². The zero-order chi connectivity index (χ0) is 6.95. The van der Waals surface area contributed by atoms with Gasteiger partial charge in [-0.25, -0.2) is 0 Å². The van der Waals surface area contributed by atoms with Crippen molar-refractivity contribution < 1.29 is 51.4 Å². The molecule has 5 heteroatoms. The van der Waals surface area contributed by atoms with E-state index in [-0.39, 0.29) is 51.4 Å². The molecule has 0 radical (unpaired) electrons. The summed E-state index contributed by atoms with van der Waals surface area (Å²) in [6, 6.07) is 0. The van der Waals surface area contributed by atoms with E-state index in [9.17, 15) is 0 Å². The molecule has 2 N–H and O–H groups in total. The van der Waals surface area contributed by atoms with Crippen LogP contribution in [0.5, 0.6) is 0 Å². The van der Waals surface area contributed by atoms with Gasteiger partial charge in [0.25, 0.3) is 0 Å². The molecule has 0 amide bonds. The first-order valence-corrected chi connectivity index (χ1v) is 3.83. The summed E-state index contributed by atoms with van der Waals surface area (Å²) in [5.74, 6) is 0. The summed E-state index contributed by atoms with van der Waals surface area (Å²) in [7, 11) is 0. The van der Waals surface area contributed by atoms with Crippen LogP contribution in [0.15, 0.2) is 0 Å². The monoisotopic (exact) mass is 202 g/mol. The van der Waals surface area contributed by atoms with Gasteiger partial charge in [-0.2, -0.15) is 4.70 Å². The third-order valence-electron chi connectivity index (χ3n) is 0.957. The SMILES string of the molecule is C1CNCCN1.S=C[S-].[K+]. The molecule has 1 fully saturated rings. The number of nitrogens with one attached hydrogen (secondary N) is 2. The Bertz CT molecular complexity index is 57.2. The van der Waals surface area contributed by atoms with Gasteiger partial charge in [0.05, 0.1) is 0 Å². The van der Waals surface area contributed by atoms with E-state index in [1.54, 1.807) is 0 Å². The van der Waals surface area contributed by atoms with E-state index in [0.29, 0.717) is 0 Å². The predicted octanol–water partition coefficient (Wildman–Crippen LogP) is -3.33. The Kier molecular flexibility index (Phi) is 19.4. The zero-order valence-corrected chi connectivity index (χ0v) is 11.0. The van der Waals surface area contributed by atoms with E-state index in [0.717, 1.165) is 26.2 Å². The van der Waals surface area contributed by atoms with Crippen molar-refractivity contribution in [2.24, 2.45) is 0 Å². The summed E-state index contributed by atoms with van der Waals surface area (Å²) >= 11 is 8.17. The van der Waals surface area contributed by atoms with E-state index >= 15 is 0 Å². The normalized spacial score (nSPS) is 15.6. The van der Waals surface area contributed by atoms with Crippen molar-refractivity contribution in [3.63, 3.8) is 0 Å². The van der Waals surface area contributed by atoms with Gasteiger partial charge in [-0.15, -0.1) is 0 Å². The molecule has 0 bridgehead atoms. The summed E-state index contributed by atoms with van der Waals surface area (Å²) in [6.45, 7) is 4.56. The largest absolute Gasteiger partial charge is 1.00 e. The molecule has 0 aliphatic carbocycles. The van der Waals surface area contributed by atoms with E-state index in [1.165, 1.54) is 4.70 Å². The van der Waals surface area contributed by atoms with E-state index in [4.69, 9.17) is 0 Å². The Morgan fingerprint density at radius 3 is 1.40 bits per heavy atom. The van der Waals surface area contributed by atoms with Gasteiger partial charge < -0.3 is 35.5 Å². The molecule has 0 atom stereocenters. The van der Waals surface area contributed by atoms with Gasteiger partial charge in [-0.1, -0.05) is 0 Å². The van der Waals surface area contributed by atoms with Crippen molar-refractivity contribution in [1.82, 2.24) is 10.6 Å². The first-order chi connectivity index (χ1) is 4.41. The second-order valence-corrected chi connectivity index (χ2v) is 2.37. The molecule has 1 saturated heterocycles. The minimum absolute atomic E-state index is 0. The molecular formula is C5H11KN2S2. The smallest absolute Gasteiger partial charge is 0.436 e. The van der Waals surface area contributed by atoms with Crippen LogP contribution in [0.25, 0.3) is 0 Å². The fraction of sp³-hybridized carbons (Fsp3) is 0.800. The summed E-state index contributed by atoms with van der Waals surface area (Å²) in [6.07, 6.45) is 0. The molecule has 54 valence electrons. The average molecular weight is 202 g/mol. The Hall–Kier alpha value is 1.87. The maximum atomic E-state index is 4.08. The van der Waals surface area contributed by atoms with Crippen molar-refractivity contribution in [1.29, 1.82) is 0 Å². The molecule has 0 saturated carbocycles. The third kappa shape index (κ3) is 12.5. The van der Waals surface area contributed by atoms with Gasteiger partial charge in [0, 0.05) is 26.2 Å². The van der Waals surface area contributed by atoms with Gasteiger partial charge in [-0.3, -0.25) is 0 Å². The van der Waals surface area contributed by atoms with Crippen LogP contribution in [0.2, 0.25) is 0 Å². The van der Waals surface area contributed by atoms with E-state index in [1.807, 2.05) is 0 Å². The molecule has 1 aliphatic heterocycles. The quantitative estimate of drug-likeness (QED) is 0.244. The van der Waals surface area contributed by atoms with E-state index < -0.39 is 0 Å². The van der Waals surface area contributed by atoms with E-state index in [2.05, 4.69) is 35.5 Å². The molecule has 0 aromatic heterocycles. The molecule has 2 nitrogen and oxygen atoms in total. The molecular weight excluding hydrogens is 191 g/mol. The fourth-order valence-electron chi connectivity index (χ4n) is 0.604. The Labute approximate surface area is 116 Å². The van der Waals surface area contributed by atoms with Crippen LogP contribution in [0.1, 0.15) is 0 Å². The minimum atomic E-state index is 0. The van der Waals surface area contributed by atoms with Crippen LogP contribution in [0, 0.1) is 0 Å². The number of thiocarbonyl (C=S) groups is 1. The van der Waals surface area contributed by atoms with Crippen molar-refractivity contribution >= 4 is 29.5 Å². The van der Waals surface area contributed by atoms with Gasteiger partial charge in [0.1, 0.15) is 0 Å². The summed E-state index contributed by atoms with van der Waals surface area (Å²) in [4.78, 5) is 0. The first kappa shape index (κ1) is 14.4. The topological polar surface area (TPSA) is 24.1 Å². The predicted molar refractivity (Wildman–Crippen MR) is 46.8 cm³/mol. The maximum absolute atomic E-state index is 4.08. The van der Waals surface area contributed by atoms with Crippen LogP contribution >= 0.6 is 12.2 Å². The number of rotatable bonds is 0. The van der Waals surface area contributed by atoms with Gasteiger partial charge in [0.2, 0.25) is 0 Å². The Morgan fingerprint density at radius 2 is 1.30 bits per heavy atom. The van der Waals surface area contributed by atoms with Crippen molar-refractivity contribution in [2.75, 3.05) is 26.2 Å². The zero-order valence-electron chi connectivity index (χ0n) is 6.22. The van der Waals surface area contributed by atoms with Crippen LogP contribution < -0.4 is 62.0 Å². The summed E-state index contributed by atoms with van der Waals surface area (Å²) in [5, 5.41) is 6.44. The van der Waals surface area contributed by atoms with Gasteiger partial charge >= 0.3 is 51.4 Å². The third-order valence-corrected chi connectivity index (χ3v) is 0.957. The Morgan fingerprint density at radius 1 is 1.10 bits per heavy atom. The molecule has 1 heterocycles. The average Bonchev–Trinajstić information content (AvgIpc) is 1.93. The van der Waals surface area contributed by atoms with Gasteiger partial charge in [-0.05, 0) is 0 Å². The second kappa shape index (κ2) is 13.5. The maximum Gasteiger partial charge on any atom is 1.00 e. The number of hydrogen-bond donors (Lipinski definition) is 2.